The van der Waals surface area contributed by atoms with Crippen molar-refractivity contribution < 1.29 is 5.11 Å². The molecule has 2 heteroatoms. The van der Waals surface area contributed by atoms with Gasteiger partial charge in [0.15, 0.2) is 0 Å². The molecule has 1 nitrogen and oxygen atoms in total. The Kier molecular flexibility index (Phi) is 3.28. The van der Waals surface area contributed by atoms with Gasteiger partial charge in [0.1, 0.15) is 0 Å². The third-order valence-corrected chi connectivity index (χ3v) is 0.833. The molecular formula is C4H8OS. The largest absolute Gasteiger partial charge is 0.388 e. The molecule has 0 aliphatic heterocycles. The standard InChI is InChI=1S/C4H8OS/c1-2-4(5)3-6/h2,4-6H,1,3H2. The van der Waals surface area contributed by atoms with Gasteiger partial charge in [0.2, 0.25) is 0 Å². The smallest absolute Gasteiger partial charge is 0.0806 e. The second-order valence-electron chi connectivity index (χ2n) is 0.986. The molecule has 6 heavy (non-hydrogen) atoms. The fraction of sp³-hybridized carbons (Fsp3) is 0.500. The molecule has 36 valence electrons. The average Bonchev–Trinajstić information content (AvgIpc) is 1.65. The molecule has 1 N–H and O–H groups in total. The summed E-state index contributed by atoms with van der Waals surface area (Å²) >= 11 is 3.77. The Labute approximate surface area is 43.1 Å². The van der Waals surface area contributed by atoms with Crippen LogP contribution in [0.4, 0.5) is 0 Å². The Bertz CT molecular complexity index is 44.8. The highest BCUT2D eigenvalue weighted by Crippen LogP contribution is 1.83. The molecule has 0 fully saturated rings. The minimum atomic E-state index is -0.437. The first-order chi connectivity index (χ1) is 2.81. The van der Waals surface area contributed by atoms with Gasteiger partial charge in [-0.2, -0.15) is 12.6 Å². The van der Waals surface area contributed by atoms with Crippen molar-refractivity contribution in [2.75, 3.05) is 5.75 Å². The van der Waals surface area contributed by atoms with Crippen LogP contribution in [0.15, 0.2) is 12.7 Å². The molecule has 0 heterocycles. The third-order valence-electron chi connectivity index (χ3n) is 0.459. The maximum atomic E-state index is 8.47. The van der Waals surface area contributed by atoms with Gasteiger partial charge in [-0.1, -0.05) is 6.08 Å². The summed E-state index contributed by atoms with van der Waals surface area (Å²) in [5.41, 5.74) is 0. The fourth-order valence-corrected chi connectivity index (χ4v) is 0.224. The molecule has 1 unspecified atom stereocenters. The second-order valence-corrected chi connectivity index (χ2v) is 1.35. The van der Waals surface area contributed by atoms with Gasteiger partial charge >= 0.3 is 0 Å². The van der Waals surface area contributed by atoms with E-state index >= 15 is 0 Å². The van der Waals surface area contributed by atoms with Crippen LogP contribution in [0.1, 0.15) is 0 Å². The molecule has 0 aliphatic rings. The summed E-state index contributed by atoms with van der Waals surface area (Å²) in [4.78, 5) is 0. The zero-order chi connectivity index (χ0) is 4.99. The average molecular weight is 104 g/mol. The lowest BCUT2D eigenvalue weighted by Gasteiger charge is -1.93. The van der Waals surface area contributed by atoms with Crippen LogP contribution in [0.3, 0.4) is 0 Å². The first-order valence-corrected chi connectivity index (χ1v) is 2.36. The lowest BCUT2D eigenvalue weighted by molar-refractivity contribution is 0.249. The summed E-state index contributed by atoms with van der Waals surface area (Å²) in [6.45, 7) is 3.33. The van der Waals surface area contributed by atoms with Crippen molar-refractivity contribution >= 4 is 12.6 Å². The summed E-state index contributed by atoms with van der Waals surface area (Å²) < 4.78 is 0. The maximum absolute atomic E-state index is 8.47. The molecule has 0 rings (SSSR count). The number of thiol groups is 1. The number of hydrogen-bond donors (Lipinski definition) is 2. The van der Waals surface area contributed by atoms with Gasteiger partial charge in [-0.05, 0) is 0 Å². The Balaban J connectivity index is 2.96. The molecule has 0 radical (unpaired) electrons. The third kappa shape index (κ3) is 2.30. The van der Waals surface area contributed by atoms with Gasteiger partial charge in [0.05, 0.1) is 6.10 Å². The van der Waals surface area contributed by atoms with E-state index in [0.717, 1.165) is 0 Å². The number of hydrogen-bond acceptors (Lipinski definition) is 2. The predicted molar refractivity (Wildman–Crippen MR) is 30.1 cm³/mol. The highest BCUT2D eigenvalue weighted by Gasteiger charge is 1.86. The van der Waals surface area contributed by atoms with Gasteiger partial charge in [0.25, 0.3) is 0 Å². The van der Waals surface area contributed by atoms with E-state index in [0.29, 0.717) is 5.75 Å². The van der Waals surface area contributed by atoms with Crippen LogP contribution in [0.25, 0.3) is 0 Å². The summed E-state index contributed by atoms with van der Waals surface area (Å²) in [5, 5.41) is 8.47. The summed E-state index contributed by atoms with van der Waals surface area (Å²) in [5.74, 6) is 0.462. The summed E-state index contributed by atoms with van der Waals surface area (Å²) in [6, 6.07) is 0. The van der Waals surface area contributed by atoms with Crippen LogP contribution in [-0.2, 0) is 0 Å². The highest BCUT2D eigenvalue weighted by molar-refractivity contribution is 7.80. The van der Waals surface area contributed by atoms with E-state index in [1.165, 1.54) is 6.08 Å². The Morgan fingerprint density at radius 3 is 2.50 bits per heavy atom. The second kappa shape index (κ2) is 3.25. The zero-order valence-electron chi connectivity index (χ0n) is 3.46. The molecule has 0 amide bonds. The van der Waals surface area contributed by atoms with E-state index in [4.69, 9.17) is 5.11 Å². The van der Waals surface area contributed by atoms with E-state index in [2.05, 4.69) is 19.2 Å². The van der Waals surface area contributed by atoms with Crippen molar-refractivity contribution in [3.05, 3.63) is 12.7 Å². The Hall–Kier alpha value is 0.0500. The first-order valence-electron chi connectivity index (χ1n) is 1.72. The molecule has 0 bridgehead atoms. The number of rotatable bonds is 2. The summed E-state index contributed by atoms with van der Waals surface area (Å²) in [7, 11) is 0. The van der Waals surface area contributed by atoms with Gasteiger partial charge in [-0.3, -0.25) is 0 Å². The molecule has 0 spiro atoms. The zero-order valence-corrected chi connectivity index (χ0v) is 4.36. The fourth-order valence-electron chi connectivity index (χ4n) is 0.0745. The topological polar surface area (TPSA) is 20.2 Å². The van der Waals surface area contributed by atoms with Crippen molar-refractivity contribution in [1.29, 1.82) is 0 Å². The normalized spacial score (nSPS) is 13.7. The molecule has 0 saturated heterocycles. The highest BCUT2D eigenvalue weighted by atomic mass is 32.1. The van der Waals surface area contributed by atoms with Gasteiger partial charge in [-0.15, -0.1) is 6.58 Å². The lowest BCUT2D eigenvalue weighted by atomic mass is 10.4. The van der Waals surface area contributed by atoms with Crippen molar-refractivity contribution in [2.45, 2.75) is 6.10 Å². The van der Waals surface area contributed by atoms with Gasteiger partial charge in [-0.25, -0.2) is 0 Å². The van der Waals surface area contributed by atoms with Gasteiger partial charge in [0, 0.05) is 5.75 Å². The summed E-state index contributed by atoms with van der Waals surface area (Å²) in [6.07, 6.45) is 1.01. The molecule has 0 aromatic heterocycles. The molecule has 0 saturated carbocycles. The predicted octanol–water partition coefficient (Wildman–Crippen LogP) is 0.463. The Morgan fingerprint density at radius 2 is 2.50 bits per heavy atom. The van der Waals surface area contributed by atoms with Crippen LogP contribution in [0, 0.1) is 0 Å². The van der Waals surface area contributed by atoms with Crippen LogP contribution in [0.5, 0.6) is 0 Å². The van der Waals surface area contributed by atoms with Crippen molar-refractivity contribution in [2.24, 2.45) is 0 Å². The molecule has 0 aliphatic carbocycles. The van der Waals surface area contributed by atoms with Crippen LogP contribution in [0.2, 0.25) is 0 Å². The minimum Gasteiger partial charge on any atom is -0.388 e. The SMILES string of the molecule is C=CC(O)CS. The van der Waals surface area contributed by atoms with E-state index in [-0.39, 0.29) is 0 Å². The number of aliphatic hydroxyl groups excluding tert-OH is 1. The van der Waals surface area contributed by atoms with Crippen LogP contribution < -0.4 is 0 Å². The molecular weight excluding hydrogens is 96.1 g/mol. The minimum absolute atomic E-state index is 0.437. The monoisotopic (exact) mass is 104 g/mol. The lowest BCUT2D eigenvalue weighted by Crippen LogP contribution is -2.01. The Morgan fingerprint density at radius 1 is 2.00 bits per heavy atom. The van der Waals surface area contributed by atoms with E-state index in [9.17, 15) is 0 Å². The van der Waals surface area contributed by atoms with E-state index < -0.39 is 6.10 Å². The van der Waals surface area contributed by atoms with Crippen LogP contribution in [-0.4, -0.2) is 17.0 Å². The van der Waals surface area contributed by atoms with E-state index in [1.54, 1.807) is 0 Å². The van der Waals surface area contributed by atoms with Crippen molar-refractivity contribution in [1.82, 2.24) is 0 Å². The number of aliphatic hydroxyl groups is 1. The molecule has 1 atom stereocenters. The molecule has 0 aromatic carbocycles. The first kappa shape index (κ1) is 6.05. The van der Waals surface area contributed by atoms with Crippen molar-refractivity contribution in [3.63, 3.8) is 0 Å². The quantitative estimate of drug-likeness (QED) is 0.385. The molecule has 0 aromatic rings. The van der Waals surface area contributed by atoms with E-state index in [1.807, 2.05) is 0 Å². The van der Waals surface area contributed by atoms with Crippen LogP contribution >= 0.6 is 12.6 Å². The maximum Gasteiger partial charge on any atom is 0.0806 e. The van der Waals surface area contributed by atoms with Crippen molar-refractivity contribution in [3.8, 4) is 0 Å². The van der Waals surface area contributed by atoms with Gasteiger partial charge < -0.3 is 5.11 Å².